The summed E-state index contributed by atoms with van der Waals surface area (Å²) in [5.41, 5.74) is 2.27. The molecule has 6 nitrogen and oxygen atoms in total. The highest BCUT2D eigenvalue weighted by Crippen LogP contribution is 2.22. The summed E-state index contributed by atoms with van der Waals surface area (Å²) in [6, 6.07) is 2.53. The van der Waals surface area contributed by atoms with Gasteiger partial charge in [0.05, 0.1) is 11.7 Å². The van der Waals surface area contributed by atoms with Crippen LogP contribution in [0.25, 0.3) is 0 Å². The van der Waals surface area contributed by atoms with Crippen LogP contribution in [0.3, 0.4) is 0 Å². The van der Waals surface area contributed by atoms with Crippen molar-refractivity contribution in [3.63, 3.8) is 0 Å². The maximum Gasteiger partial charge on any atom is 0.216 e. The van der Waals surface area contributed by atoms with E-state index < -0.39 is 0 Å². The molecule has 0 aliphatic rings. The minimum Gasteiger partial charge on any atom is -0.444 e. The Morgan fingerprint density at radius 1 is 1.27 bits per heavy atom. The van der Waals surface area contributed by atoms with E-state index in [1.165, 1.54) is 5.56 Å². The second-order valence-corrected chi connectivity index (χ2v) is 6.90. The molecule has 1 atom stereocenters. The summed E-state index contributed by atoms with van der Waals surface area (Å²) in [5.74, 6) is 2.29. The fourth-order valence-corrected chi connectivity index (χ4v) is 3.58. The van der Waals surface area contributed by atoms with E-state index in [1.54, 1.807) is 11.3 Å². The second-order valence-electron chi connectivity index (χ2n) is 6.12. The Morgan fingerprint density at radius 2 is 2.04 bits per heavy atom. The second kappa shape index (κ2) is 10.3. The lowest BCUT2D eigenvalue weighted by molar-refractivity contribution is 0.219. The van der Waals surface area contributed by atoms with E-state index in [1.807, 2.05) is 13.8 Å². The number of nitrogens with zero attached hydrogens (tertiary/aromatic N) is 3. The maximum atomic E-state index is 5.62. The summed E-state index contributed by atoms with van der Waals surface area (Å²) in [6.07, 6.45) is 0. The zero-order valence-corrected chi connectivity index (χ0v) is 17.3. The monoisotopic (exact) mass is 377 g/mol. The number of hydrogen-bond donors (Lipinski definition) is 2. The van der Waals surface area contributed by atoms with Gasteiger partial charge in [0, 0.05) is 13.1 Å². The van der Waals surface area contributed by atoms with Crippen LogP contribution in [0.1, 0.15) is 49.7 Å². The van der Waals surface area contributed by atoms with E-state index in [-0.39, 0.29) is 0 Å². The van der Waals surface area contributed by atoms with Gasteiger partial charge in [-0.2, -0.15) is 11.3 Å². The molecular weight excluding hydrogens is 346 g/mol. The number of aryl methyl sites for hydroxylation is 2. The molecule has 0 aliphatic carbocycles. The maximum absolute atomic E-state index is 5.62. The molecule has 0 radical (unpaired) electrons. The predicted molar refractivity (Wildman–Crippen MR) is 109 cm³/mol. The number of hydrogen-bond acceptors (Lipinski definition) is 5. The fraction of sp³-hybridized carbons (Fsp3) is 0.579. The van der Waals surface area contributed by atoms with Crippen LogP contribution in [0.2, 0.25) is 0 Å². The molecule has 2 heterocycles. The Hall–Kier alpha value is -1.86. The van der Waals surface area contributed by atoms with E-state index in [0.29, 0.717) is 18.5 Å². The summed E-state index contributed by atoms with van der Waals surface area (Å²) in [4.78, 5) is 11.5. The Kier molecular flexibility index (Phi) is 8.12. The number of likely N-dealkylation sites (N-methyl/N-ethyl adjacent to an activating group) is 1. The first-order chi connectivity index (χ1) is 12.6. The topological polar surface area (TPSA) is 65.7 Å². The summed E-state index contributed by atoms with van der Waals surface area (Å²) >= 11 is 1.74. The number of thiophene rings is 1. The molecule has 26 heavy (non-hydrogen) atoms. The molecule has 2 aromatic rings. The molecular formula is C19H31N5OS. The van der Waals surface area contributed by atoms with Gasteiger partial charge in [0.2, 0.25) is 5.89 Å². The smallest absolute Gasteiger partial charge is 0.216 e. The molecule has 2 aromatic heterocycles. The molecule has 0 saturated carbocycles. The molecule has 2 rings (SSSR count). The normalized spacial score (nSPS) is 13.2. The van der Waals surface area contributed by atoms with Gasteiger partial charge >= 0.3 is 0 Å². The minimum absolute atomic E-state index is 0.325. The largest absolute Gasteiger partial charge is 0.444 e. The predicted octanol–water partition coefficient (Wildman–Crippen LogP) is 3.49. The molecule has 0 aliphatic heterocycles. The van der Waals surface area contributed by atoms with Crippen molar-refractivity contribution in [2.24, 2.45) is 4.99 Å². The lowest BCUT2D eigenvalue weighted by Crippen LogP contribution is -2.43. The number of nitrogens with one attached hydrogen (secondary N) is 2. The van der Waals surface area contributed by atoms with E-state index in [9.17, 15) is 0 Å². The van der Waals surface area contributed by atoms with Gasteiger partial charge in [0.1, 0.15) is 12.3 Å². The van der Waals surface area contributed by atoms with Gasteiger partial charge in [-0.3, -0.25) is 4.90 Å². The summed E-state index contributed by atoms with van der Waals surface area (Å²) in [5, 5.41) is 11.2. The zero-order valence-electron chi connectivity index (χ0n) is 16.5. The van der Waals surface area contributed by atoms with Crippen molar-refractivity contribution in [1.29, 1.82) is 0 Å². The van der Waals surface area contributed by atoms with Crippen LogP contribution in [0.15, 0.2) is 26.2 Å². The number of aromatic nitrogens is 1. The van der Waals surface area contributed by atoms with Crippen LogP contribution in [0.5, 0.6) is 0 Å². The van der Waals surface area contributed by atoms with E-state index in [0.717, 1.165) is 43.6 Å². The Bertz CT molecular complexity index is 657. The van der Waals surface area contributed by atoms with Crippen LogP contribution < -0.4 is 10.6 Å². The van der Waals surface area contributed by atoms with E-state index in [2.05, 4.69) is 63.1 Å². The van der Waals surface area contributed by atoms with Crippen LogP contribution in [0.4, 0.5) is 0 Å². The van der Waals surface area contributed by atoms with Crippen LogP contribution in [-0.4, -0.2) is 42.0 Å². The molecule has 0 amide bonds. The van der Waals surface area contributed by atoms with E-state index >= 15 is 0 Å². The lowest BCUT2D eigenvalue weighted by Gasteiger charge is -2.30. The number of guanidine groups is 1. The van der Waals surface area contributed by atoms with Crippen molar-refractivity contribution in [1.82, 2.24) is 20.5 Å². The van der Waals surface area contributed by atoms with Gasteiger partial charge in [-0.25, -0.2) is 9.98 Å². The van der Waals surface area contributed by atoms with Gasteiger partial charge in [-0.15, -0.1) is 0 Å². The van der Waals surface area contributed by atoms with Crippen molar-refractivity contribution in [3.05, 3.63) is 39.7 Å². The highest BCUT2D eigenvalue weighted by Gasteiger charge is 2.18. The summed E-state index contributed by atoms with van der Waals surface area (Å²) < 4.78 is 5.62. The standard InChI is InChI=1S/C19H31N5OS/c1-6-20-19(22-12-18-23-14(4)15(5)25-18)21-11-17(24(7-2)8-3)16-9-10-26-13-16/h9-10,13,17H,6-8,11-12H2,1-5H3,(H2,20,21,22). The highest BCUT2D eigenvalue weighted by molar-refractivity contribution is 7.07. The quantitative estimate of drug-likeness (QED) is 0.517. The minimum atomic E-state index is 0.325. The first-order valence-corrected chi connectivity index (χ1v) is 10.2. The van der Waals surface area contributed by atoms with Gasteiger partial charge in [-0.1, -0.05) is 13.8 Å². The Morgan fingerprint density at radius 3 is 2.58 bits per heavy atom. The van der Waals surface area contributed by atoms with Gasteiger partial charge in [0.25, 0.3) is 0 Å². The third-order valence-electron chi connectivity index (χ3n) is 4.43. The van der Waals surface area contributed by atoms with Crippen molar-refractivity contribution in [2.75, 3.05) is 26.2 Å². The van der Waals surface area contributed by atoms with Crippen LogP contribution in [0, 0.1) is 13.8 Å². The van der Waals surface area contributed by atoms with E-state index in [4.69, 9.17) is 4.42 Å². The third kappa shape index (κ3) is 5.57. The van der Waals surface area contributed by atoms with Gasteiger partial charge in [-0.05, 0) is 56.3 Å². The average molecular weight is 378 g/mol. The molecule has 0 saturated heterocycles. The molecule has 7 heteroatoms. The zero-order chi connectivity index (χ0) is 18.9. The molecule has 1 unspecified atom stereocenters. The SMILES string of the molecule is CCNC(=NCc1nc(C)c(C)o1)NCC(c1ccsc1)N(CC)CC. The number of aliphatic imine (C=N–C) groups is 1. The third-order valence-corrected chi connectivity index (χ3v) is 5.13. The number of rotatable bonds is 9. The summed E-state index contributed by atoms with van der Waals surface area (Å²) in [7, 11) is 0. The van der Waals surface area contributed by atoms with Crippen molar-refractivity contribution in [3.8, 4) is 0 Å². The molecule has 0 bridgehead atoms. The van der Waals surface area contributed by atoms with Crippen molar-refractivity contribution in [2.45, 2.75) is 47.2 Å². The van der Waals surface area contributed by atoms with Crippen LogP contribution >= 0.6 is 11.3 Å². The molecule has 144 valence electrons. The first kappa shape index (κ1) is 20.5. The lowest BCUT2D eigenvalue weighted by atomic mass is 10.1. The molecule has 2 N–H and O–H groups in total. The number of oxazole rings is 1. The highest BCUT2D eigenvalue weighted by atomic mass is 32.1. The van der Waals surface area contributed by atoms with Gasteiger partial charge < -0.3 is 15.1 Å². The molecule has 0 spiro atoms. The Balaban J connectivity index is 2.05. The molecule has 0 aromatic carbocycles. The fourth-order valence-electron chi connectivity index (χ4n) is 2.88. The van der Waals surface area contributed by atoms with Crippen molar-refractivity contribution < 1.29 is 4.42 Å². The first-order valence-electron chi connectivity index (χ1n) is 9.30. The molecule has 0 fully saturated rings. The average Bonchev–Trinajstić information content (AvgIpc) is 3.26. The van der Waals surface area contributed by atoms with Gasteiger partial charge in [0.15, 0.2) is 5.96 Å². The summed E-state index contributed by atoms with van der Waals surface area (Å²) in [6.45, 7) is 14.4. The van der Waals surface area contributed by atoms with Crippen molar-refractivity contribution >= 4 is 17.3 Å². The van der Waals surface area contributed by atoms with Crippen LogP contribution in [-0.2, 0) is 6.54 Å². The Labute approximate surface area is 160 Å².